The van der Waals surface area contributed by atoms with Crippen molar-refractivity contribution >= 4 is 43.2 Å². The van der Waals surface area contributed by atoms with Gasteiger partial charge in [0.05, 0.1) is 11.6 Å². The first-order valence-corrected chi connectivity index (χ1v) is 8.33. The fourth-order valence-electron chi connectivity index (χ4n) is 1.91. The monoisotopic (exact) mass is 442 g/mol. The number of benzene rings is 1. The minimum Gasteiger partial charge on any atom is -0.271 e. The highest BCUT2D eigenvalue weighted by Gasteiger charge is 2.31. The lowest BCUT2D eigenvalue weighted by Gasteiger charge is -2.19. The number of rotatable bonds is 4. The van der Waals surface area contributed by atoms with Crippen molar-refractivity contribution in [2.75, 3.05) is 0 Å². The Hall–Kier alpha value is -0.410. The van der Waals surface area contributed by atoms with Crippen LogP contribution in [0.2, 0.25) is 0 Å². The quantitative estimate of drug-likeness (QED) is 0.513. The zero-order valence-corrected chi connectivity index (χ0v) is 14.5. The van der Waals surface area contributed by atoms with E-state index in [1.165, 1.54) is 17.4 Å². The zero-order chi connectivity index (χ0) is 15.6. The van der Waals surface area contributed by atoms with Gasteiger partial charge in [-0.3, -0.25) is 11.3 Å². The van der Waals surface area contributed by atoms with Crippen LogP contribution in [0.1, 0.15) is 22.0 Å². The second kappa shape index (κ2) is 6.78. The van der Waals surface area contributed by atoms with Crippen LogP contribution in [-0.2, 0) is 12.6 Å². The molecule has 0 aliphatic rings. The number of halogens is 5. The molecule has 0 radical (unpaired) electrons. The standard InChI is InChI=1S/C13H11Br2F3N2S/c14-8-4-9(21-6-8)5-12(20-19)10-3-7(13(16,17)18)1-2-11(10)15/h1-4,6,12,20H,5,19H2. The van der Waals surface area contributed by atoms with E-state index >= 15 is 0 Å². The van der Waals surface area contributed by atoms with Gasteiger partial charge in [-0.1, -0.05) is 15.9 Å². The molecule has 0 fully saturated rings. The minimum absolute atomic E-state index is 0.410. The summed E-state index contributed by atoms with van der Waals surface area (Å²) in [4.78, 5) is 1.02. The van der Waals surface area contributed by atoms with Gasteiger partial charge in [-0.15, -0.1) is 11.3 Å². The summed E-state index contributed by atoms with van der Waals surface area (Å²) < 4.78 is 40.0. The third-order valence-electron chi connectivity index (χ3n) is 2.93. The van der Waals surface area contributed by atoms with Crippen LogP contribution in [0.15, 0.2) is 38.6 Å². The predicted octanol–water partition coefficient (Wildman–Crippen LogP) is 5.04. The summed E-state index contributed by atoms with van der Waals surface area (Å²) in [7, 11) is 0. The minimum atomic E-state index is -4.37. The van der Waals surface area contributed by atoms with Crippen molar-refractivity contribution in [1.29, 1.82) is 0 Å². The van der Waals surface area contributed by atoms with Crippen LogP contribution in [0.4, 0.5) is 13.2 Å². The molecule has 114 valence electrons. The average molecular weight is 444 g/mol. The van der Waals surface area contributed by atoms with Gasteiger partial charge in [0.25, 0.3) is 0 Å². The molecule has 2 rings (SSSR count). The number of thiophene rings is 1. The molecule has 1 atom stereocenters. The smallest absolute Gasteiger partial charge is 0.271 e. The Kier molecular flexibility index (Phi) is 5.48. The lowest BCUT2D eigenvalue weighted by molar-refractivity contribution is -0.137. The van der Waals surface area contributed by atoms with Gasteiger partial charge >= 0.3 is 6.18 Å². The maximum atomic E-state index is 12.8. The summed E-state index contributed by atoms with van der Waals surface area (Å²) in [5.74, 6) is 5.53. The third-order valence-corrected chi connectivity index (χ3v) is 5.37. The molecule has 1 aromatic carbocycles. The molecule has 21 heavy (non-hydrogen) atoms. The first-order chi connectivity index (χ1) is 9.81. The molecule has 2 aromatic rings. The Balaban J connectivity index is 2.33. The molecule has 2 nitrogen and oxygen atoms in total. The van der Waals surface area contributed by atoms with Crippen molar-refractivity contribution in [1.82, 2.24) is 5.43 Å². The van der Waals surface area contributed by atoms with Gasteiger partial charge in [-0.2, -0.15) is 13.2 Å². The first kappa shape index (κ1) is 17.0. The molecule has 0 spiro atoms. The molecule has 8 heteroatoms. The van der Waals surface area contributed by atoms with Crippen LogP contribution < -0.4 is 11.3 Å². The third kappa shape index (κ3) is 4.29. The highest BCUT2D eigenvalue weighted by molar-refractivity contribution is 9.10. The largest absolute Gasteiger partial charge is 0.416 e. The molecular weight excluding hydrogens is 433 g/mol. The summed E-state index contributed by atoms with van der Waals surface area (Å²) in [6.45, 7) is 0. The SMILES string of the molecule is NNC(Cc1cc(Br)cs1)c1cc(C(F)(F)F)ccc1Br. The summed E-state index contributed by atoms with van der Waals surface area (Å²) in [6.07, 6.45) is -3.87. The molecule has 0 aliphatic carbocycles. The highest BCUT2D eigenvalue weighted by Crippen LogP contribution is 2.35. The zero-order valence-electron chi connectivity index (χ0n) is 10.5. The van der Waals surface area contributed by atoms with E-state index in [0.29, 0.717) is 16.5 Å². The molecule has 0 saturated carbocycles. The van der Waals surface area contributed by atoms with Gasteiger partial charge in [0.2, 0.25) is 0 Å². The van der Waals surface area contributed by atoms with Gasteiger partial charge in [-0.05, 0) is 45.8 Å². The molecule has 0 aliphatic heterocycles. The Morgan fingerprint density at radius 3 is 2.48 bits per heavy atom. The van der Waals surface area contributed by atoms with Crippen molar-refractivity contribution in [3.8, 4) is 0 Å². The fraction of sp³-hybridized carbons (Fsp3) is 0.231. The van der Waals surface area contributed by atoms with Crippen LogP contribution >= 0.6 is 43.2 Å². The topological polar surface area (TPSA) is 38.0 Å². The van der Waals surface area contributed by atoms with Crippen LogP contribution in [0.25, 0.3) is 0 Å². The van der Waals surface area contributed by atoms with Crippen LogP contribution in [0.5, 0.6) is 0 Å². The molecule has 0 amide bonds. The second-order valence-electron chi connectivity index (χ2n) is 4.39. The molecule has 3 N–H and O–H groups in total. The van der Waals surface area contributed by atoms with Gasteiger partial charge in [0, 0.05) is 25.6 Å². The van der Waals surface area contributed by atoms with Gasteiger partial charge in [0.15, 0.2) is 0 Å². The normalized spacial score (nSPS) is 13.4. The van der Waals surface area contributed by atoms with Crippen molar-refractivity contribution < 1.29 is 13.2 Å². The average Bonchev–Trinajstić information content (AvgIpc) is 2.81. The summed E-state index contributed by atoms with van der Waals surface area (Å²) >= 11 is 8.17. The molecule has 0 saturated heterocycles. The number of hydrogen-bond donors (Lipinski definition) is 2. The maximum absolute atomic E-state index is 12.8. The highest BCUT2D eigenvalue weighted by atomic mass is 79.9. The van der Waals surface area contributed by atoms with Crippen molar-refractivity contribution in [2.45, 2.75) is 18.6 Å². The van der Waals surface area contributed by atoms with E-state index in [1.807, 2.05) is 11.4 Å². The summed E-state index contributed by atoms with van der Waals surface area (Å²) in [5, 5.41) is 1.92. The number of nitrogens with two attached hydrogens (primary N) is 1. The maximum Gasteiger partial charge on any atom is 0.416 e. The van der Waals surface area contributed by atoms with Crippen molar-refractivity contribution in [2.24, 2.45) is 5.84 Å². The number of hydrogen-bond acceptors (Lipinski definition) is 3. The van der Waals surface area contributed by atoms with Gasteiger partial charge in [-0.25, -0.2) is 0 Å². The Labute approximate surface area is 140 Å². The van der Waals surface area contributed by atoms with E-state index in [1.54, 1.807) is 0 Å². The lowest BCUT2D eigenvalue weighted by atomic mass is 10.0. The summed E-state index contributed by atoms with van der Waals surface area (Å²) in [6, 6.07) is 5.08. The Morgan fingerprint density at radius 1 is 1.24 bits per heavy atom. The van der Waals surface area contributed by atoms with E-state index in [4.69, 9.17) is 5.84 Å². The number of hydrazine groups is 1. The molecule has 1 heterocycles. The molecule has 0 bridgehead atoms. The van der Waals surface area contributed by atoms with E-state index in [2.05, 4.69) is 37.3 Å². The molecule has 1 aromatic heterocycles. The van der Waals surface area contributed by atoms with Gasteiger partial charge < -0.3 is 0 Å². The summed E-state index contributed by atoms with van der Waals surface area (Å²) in [5.41, 5.74) is 2.39. The van der Waals surface area contributed by atoms with E-state index in [0.717, 1.165) is 21.5 Å². The molecular formula is C13H11Br2F3N2S. The van der Waals surface area contributed by atoms with E-state index < -0.39 is 17.8 Å². The lowest BCUT2D eigenvalue weighted by Crippen LogP contribution is -2.30. The Bertz CT molecular complexity index is 628. The van der Waals surface area contributed by atoms with Crippen LogP contribution in [0, 0.1) is 0 Å². The van der Waals surface area contributed by atoms with Crippen molar-refractivity contribution in [3.05, 3.63) is 54.6 Å². The van der Waals surface area contributed by atoms with E-state index in [-0.39, 0.29) is 0 Å². The second-order valence-corrected chi connectivity index (χ2v) is 7.15. The number of alkyl halides is 3. The fourth-order valence-corrected chi connectivity index (χ4v) is 3.93. The van der Waals surface area contributed by atoms with Crippen molar-refractivity contribution in [3.63, 3.8) is 0 Å². The first-order valence-electron chi connectivity index (χ1n) is 5.87. The molecule has 1 unspecified atom stereocenters. The van der Waals surface area contributed by atoms with Crippen LogP contribution in [0.3, 0.4) is 0 Å². The van der Waals surface area contributed by atoms with Crippen LogP contribution in [-0.4, -0.2) is 0 Å². The van der Waals surface area contributed by atoms with Gasteiger partial charge in [0.1, 0.15) is 0 Å². The van der Waals surface area contributed by atoms with E-state index in [9.17, 15) is 13.2 Å². The number of nitrogens with one attached hydrogen (secondary N) is 1. The Morgan fingerprint density at radius 2 is 1.95 bits per heavy atom. The predicted molar refractivity (Wildman–Crippen MR) is 84.9 cm³/mol.